The van der Waals surface area contributed by atoms with Crippen molar-refractivity contribution in [3.05, 3.63) is 60.7 Å². The molecule has 10 fully saturated rings. The van der Waals surface area contributed by atoms with Crippen LogP contribution in [0.3, 0.4) is 0 Å². The summed E-state index contributed by atoms with van der Waals surface area (Å²) >= 11 is 0. The number of hydrogen-bond acceptors (Lipinski definition) is 0. The fourth-order valence-electron chi connectivity index (χ4n) is 20.6. The molecule has 0 N–H and O–H groups in total. The van der Waals surface area contributed by atoms with Gasteiger partial charge < -0.3 is 0 Å². The van der Waals surface area contributed by atoms with E-state index >= 15 is 0 Å². The van der Waals surface area contributed by atoms with Gasteiger partial charge in [0.1, 0.15) is 0 Å². The molecular weight excluding hydrogens is 454 g/mol. The van der Waals surface area contributed by atoms with E-state index in [4.69, 9.17) is 0 Å². The molecule has 0 radical (unpaired) electrons. The van der Waals surface area contributed by atoms with Gasteiger partial charge in [0, 0.05) is 0 Å². The van der Waals surface area contributed by atoms with E-state index in [1.807, 2.05) is 10.6 Å². The molecule has 162 valence electrons. The van der Waals surface area contributed by atoms with Crippen LogP contribution in [0.15, 0.2) is 60.7 Å². The Kier molecular flexibility index (Phi) is 1.06. The van der Waals surface area contributed by atoms with Crippen LogP contribution in [0.25, 0.3) is 0 Å². The van der Waals surface area contributed by atoms with E-state index in [-0.39, 0.29) is 15.8 Å². The first-order valence-corrected chi connectivity index (χ1v) is 21.7. The topological polar surface area (TPSA) is 0 Å². The fourth-order valence-corrected chi connectivity index (χ4v) is 128. The van der Waals surface area contributed by atoms with Gasteiger partial charge in [-0.1, -0.05) is 0 Å². The second-order valence-corrected chi connectivity index (χ2v) is 45.3. The molecule has 10 aliphatic rings. The molecular formula is C28H32FeP2. The Balaban J connectivity index is 1.26. The average molecular weight is 486 g/mol. The van der Waals surface area contributed by atoms with Crippen LogP contribution >= 0.6 is 15.8 Å². The predicted octanol–water partition coefficient (Wildman–Crippen LogP) is 7.62. The molecule has 12 rings (SSSR count). The summed E-state index contributed by atoms with van der Waals surface area (Å²) in [6, 6.07) is 24.3. The SMILES string of the molecule is CC(C)P(c1ccccc1)[C]12[CH]3[CH]4[CH]5[C]1(P(c1ccccc1)C(C)C)[Fe]43521678[CH]2[CH]1[CH]6[CH]7[CH]28. The van der Waals surface area contributed by atoms with Crippen LogP contribution in [0.2, 0.25) is 38.5 Å². The van der Waals surface area contributed by atoms with Gasteiger partial charge in [0.05, 0.1) is 0 Å². The first kappa shape index (κ1) is 15.7. The Hall–Kier alpha value is -0.181. The van der Waals surface area contributed by atoms with Crippen molar-refractivity contribution < 1.29 is 6.51 Å². The van der Waals surface area contributed by atoms with Crippen molar-refractivity contribution in [1.82, 2.24) is 0 Å². The van der Waals surface area contributed by atoms with Crippen LogP contribution in [0, 0.1) is 0 Å². The number of rotatable bonds is 6. The molecule has 10 heterocycles. The second kappa shape index (κ2) is 2.09. The van der Waals surface area contributed by atoms with Crippen molar-refractivity contribution in [3.63, 3.8) is 0 Å². The van der Waals surface area contributed by atoms with E-state index in [0.717, 1.165) is 19.4 Å². The Morgan fingerprint density at radius 3 is 1.19 bits per heavy atom. The van der Waals surface area contributed by atoms with Gasteiger partial charge in [-0.3, -0.25) is 0 Å². The first-order valence-electron chi connectivity index (χ1n) is 12.7. The Labute approximate surface area is 178 Å². The number of hydrogen-bond donors (Lipinski definition) is 0. The Bertz CT molecular complexity index is 1520. The summed E-state index contributed by atoms with van der Waals surface area (Å²) in [5, 5.41) is 3.62. The van der Waals surface area contributed by atoms with Crippen LogP contribution in [-0.2, 0) is 6.51 Å². The summed E-state index contributed by atoms with van der Waals surface area (Å²) in [7, 11) is -0.0243. The third-order valence-corrected chi connectivity index (χ3v) is 76.1. The molecule has 6 unspecified atom stereocenters. The molecule has 6 atom stereocenters. The zero-order valence-corrected chi connectivity index (χ0v) is 21.7. The zero-order valence-electron chi connectivity index (χ0n) is 18.8. The molecule has 0 nitrogen and oxygen atoms in total. The Morgan fingerprint density at radius 2 is 0.935 bits per heavy atom. The fraction of sp³-hybridized carbons (Fsp3) is 0.571. The van der Waals surface area contributed by atoms with Gasteiger partial charge in [-0.05, 0) is 0 Å². The summed E-state index contributed by atoms with van der Waals surface area (Å²) in [5.74, 6) is 0. The molecule has 1 spiro atoms. The maximum absolute atomic E-state index is 3.52. The third kappa shape index (κ3) is 0.315. The van der Waals surface area contributed by atoms with Gasteiger partial charge >= 0.3 is 179 Å². The minimum atomic E-state index is -3.52. The van der Waals surface area contributed by atoms with Crippen LogP contribution in [-0.4, -0.2) is 19.4 Å². The summed E-state index contributed by atoms with van der Waals surface area (Å²) < 4.78 is 1.87. The minimum absolute atomic E-state index is 0.0122. The van der Waals surface area contributed by atoms with Crippen molar-refractivity contribution in [2.45, 2.75) is 85.7 Å². The van der Waals surface area contributed by atoms with Crippen molar-refractivity contribution in [2.24, 2.45) is 0 Å². The standard InChI is InChI=1S/C23H27P2.C5H5.Fe/c1-18(2)24(20-12-7-5-8-13-20)22-16-11-17-23(22)25(19(3)4)21-14-9-6-10-15-21;1-2-4-5-3-1;/h5-19H,1-4H3;1-5H;. The van der Waals surface area contributed by atoms with Crippen LogP contribution in [0.4, 0.5) is 0 Å². The summed E-state index contributed by atoms with van der Waals surface area (Å²) in [4.78, 5) is 11.1. The maximum atomic E-state index is 2.64. The molecule has 31 heavy (non-hydrogen) atoms. The van der Waals surface area contributed by atoms with E-state index in [1.165, 1.54) is 38.5 Å². The molecule has 0 saturated carbocycles. The average Bonchev–Trinajstić information content (AvgIpc) is 3.71. The molecule has 0 amide bonds. The van der Waals surface area contributed by atoms with E-state index in [9.17, 15) is 0 Å². The van der Waals surface area contributed by atoms with Crippen molar-refractivity contribution in [1.29, 1.82) is 0 Å². The van der Waals surface area contributed by atoms with E-state index in [2.05, 4.69) is 88.4 Å². The van der Waals surface area contributed by atoms with Crippen molar-refractivity contribution >= 4 is 26.5 Å². The molecule has 3 heteroatoms. The van der Waals surface area contributed by atoms with E-state index < -0.39 is 6.51 Å². The molecule has 10 aliphatic heterocycles. The molecule has 10 saturated heterocycles. The van der Waals surface area contributed by atoms with E-state index in [1.54, 1.807) is 0 Å². The van der Waals surface area contributed by atoms with Crippen molar-refractivity contribution in [3.8, 4) is 0 Å². The predicted molar refractivity (Wildman–Crippen MR) is 132 cm³/mol. The molecule has 0 aromatic heterocycles. The number of benzene rings is 2. The van der Waals surface area contributed by atoms with Gasteiger partial charge in [0.2, 0.25) is 0 Å². The summed E-state index contributed by atoms with van der Waals surface area (Å²) in [5.41, 5.74) is 1.74. The zero-order chi connectivity index (χ0) is 20.5. The quantitative estimate of drug-likeness (QED) is 0.291. The van der Waals surface area contributed by atoms with Crippen LogP contribution < -0.4 is 10.6 Å². The molecule has 2 aromatic carbocycles. The van der Waals surface area contributed by atoms with E-state index in [0.29, 0.717) is 0 Å². The number of fused-ring (bicyclic) bond motifs is 10. The normalized spacial score (nSPS) is 75.4. The molecule has 0 aliphatic carbocycles. The summed E-state index contributed by atoms with van der Waals surface area (Å²) in [6.45, 7) is 7.03. The van der Waals surface area contributed by atoms with Gasteiger partial charge in [-0.25, -0.2) is 0 Å². The van der Waals surface area contributed by atoms with Crippen molar-refractivity contribution in [2.75, 3.05) is 0 Å². The molecule has 2 aromatic rings. The van der Waals surface area contributed by atoms with Crippen LogP contribution in [0.5, 0.6) is 0 Å². The first-order chi connectivity index (χ1) is 14.8. The monoisotopic (exact) mass is 486 g/mol. The second-order valence-electron chi connectivity index (χ2n) is 15.3. The van der Waals surface area contributed by atoms with Gasteiger partial charge in [0.15, 0.2) is 0 Å². The van der Waals surface area contributed by atoms with Gasteiger partial charge in [-0.2, -0.15) is 0 Å². The summed E-state index contributed by atoms with van der Waals surface area (Å²) in [6.07, 6.45) is 0. The Morgan fingerprint density at radius 1 is 0.581 bits per heavy atom. The molecule has 0 bridgehead atoms. The van der Waals surface area contributed by atoms with Gasteiger partial charge in [-0.15, -0.1) is 0 Å². The van der Waals surface area contributed by atoms with Crippen LogP contribution in [0.1, 0.15) is 27.7 Å². The van der Waals surface area contributed by atoms with Gasteiger partial charge in [0.25, 0.3) is 0 Å². The third-order valence-electron chi connectivity index (χ3n) is 18.5.